The van der Waals surface area contributed by atoms with Crippen LogP contribution in [0.4, 0.5) is 4.79 Å². The van der Waals surface area contributed by atoms with Gasteiger partial charge in [0.25, 0.3) is 0 Å². The molecule has 0 saturated carbocycles. The van der Waals surface area contributed by atoms with Crippen LogP contribution < -0.4 is 16.4 Å². The van der Waals surface area contributed by atoms with Gasteiger partial charge in [-0.3, -0.25) is 9.59 Å². The Hall–Kier alpha value is -1.79. The van der Waals surface area contributed by atoms with Crippen molar-refractivity contribution in [1.82, 2.24) is 10.6 Å². The van der Waals surface area contributed by atoms with Gasteiger partial charge in [-0.1, -0.05) is 13.8 Å². The third kappa shape index (κ3) is 6.63. The standard InChI is InChI=1S/C9H17N3O4/c1-5(2)3-6(12-9(10)16)8(15)11-4-7(13)14/h5-6H,3-4H2,1-2H3,(H,11,15)(H,13,14)(H3,10,12,16). The predicted molar refractivity (Wildman–Crippen MR) is 56.6 cm³/mol. The highest BCUT2D eigenvalue weighted by molar-refractivity contribution is 5.88. The van der Waals surface area contributed by atoms with Crippen molar-refractivity contribution in [1.29, 1.82) is 0 Å². The minimum absolute atomic E-state index is 0.174. The Labute approximate surface area is 93.4 Å². The summed E-state index contributed by atoms with van der Waals surface area (Å²) in [5.74, 6) is -1.52. The van der Waals surface area contributed by atoms with Crippen molar-refractivity contribution >= 4 is 17.9 Å². The largest absolute Gasteiger partial charge is 0.480 e. The minimum atomic E-state index is -1.14. The highest BCUT2D eigenvalue weighted by atomic mass is 16.4. The summed E-state index contributed by atoms with van der Waals surface area (Å²) < 4.78 is 0. The molecule has 0 fully saturated rings. The van der Waals surface area contributed by atoms with Gasteiger partial charge in [0.15, 0.2) is 0 Å². The Morgan fingerprint density at radius 1 is 1.31 bits per heavy atom. The van der Waals surface area contributed by atoms with Crippen LogP contribution in [0.3, 0.4) is 0 Å². The van der Waals surface area contributed by atoms with Gasteiger partial charge < -0.3 is 21.5 Å². The third-order valence-electron chi connectivity index (χ3n) is 1.75. The average molecular weight is 231 g/mol. The van der Waals surface area contributed by atoms with E-state index in [1.807, 2.05) is 13.8 Å². The van der Waals surface area contributed by atoms with Gasteiger partial charge in [0, 0.05) is 0 Å². The van der Waals surface area contributed by atoms with Crippen molar-refractivity contribution in [2.24, 2.45) is 11.7 Å². The van der Waals surface area contributed by atoms with Crippen LogP contribution in [0.2, 0.25) is 0 Å². The Morgan fingerprint density at radius 2 is 1.88 bits per heavy atom. The summed E-state index contributed by atoms with van der Waals surface area (Å²) in [5.41, 5.74) is 4.92. The molecule has 0 spiro atoms. The van der Waals surface area contributed by atoms with Gasteiger partial charge in [0.05, 0.1) is 0 Å². The number of carboxylic acid groups (broad SMARTS) is 1. The Morgan fingerprint density at radius 3 is 2.25 bits per heavy atom. The first-order valence-corrected chi connectivity index (χ1v) is 4.88. The Balaban J connectivity index is 4.31. The van der Waals surface area contributed by atoms with Gasteiger partial charge in [-0.2, -0.15) is 0 Å². The quantitative estimate of drug-likeness (QED) is 0.481. The van der Waals surface area contributed by atoms with E-state index in [4.69, 9.17) is 10.8 Å². The van der Waals surface area contributed by atoms with Gasteiger partial charge in [-0.15, -0.1) is 0 Å². The second-order valence-corrected chi connectivity index (χ2v) is 3.80. The first-order valence-electron chi connectivity index (χ1n) is 4.88. The number of carbonyl (C=O) groups is 3. The number of aliphatic carboxylic acids is 1. The first-order chi connectivity index (χ1) is 7.32. The molecule has 7 nitrogen and oxygen atoms in total. The zero-order chi connectivity index (χ0) is 12.7. The van der Waals surface area contributed by atoms with Crippen molar-refractivity contribution in [2.45, 2.75) is 26.3 Å². The molecule has 92 valence electrons. The number of nitrogens with one attached hydrogen (secondary N) is 2. The molecule has 7 heteroatoms. The lowest BCUT2D eigenvalue weighted by Crippen LogP contribution is -2.50. The summed E-state index contributed by atoms with van der Waals surface area (Å²) in [5, 5.41) is 12.8. The van der Waals surface area contributed by atoms with E-state index in [-0.39, 0.29) is 5.92 Å². The molecule has 0 bridgehead atoms. The Bertz CT molecular complexity index is 278. The predicted octanol–water partition coefficient (Wildman–Crippen LogP) is -0.730. The highest BCUT2D eigenvalue weighted by Gasteiger charge is 2.21. The van der Waals surface area contributed by atoms with Crippen LogP contribution in [-0.2, 0) is 9.59 Å². The van der Waals surface area contributed by atoms with Gasteiger partial charge in [-0.25, -0.2) is 4.79 Å². The smallest absolute Gasteiger partial charge is 0.322 e. The number of urea groups is 1. The summed E-state index contributed by atoms with van der Waals surface area (Å²) in [6.07, 6.45) is 0.397. The second-order valence-electron chi connectivity index (χ2n) is 3.80. The number of carboxylic acids is 1. The van der Waals surface area contributed by atoms with Gasteiger partial charge in [0.2, 0.25) is 5.91 Å². The summed E-state index contributed by atoms with van der Waals surface area (Å²) >= 11 is 0. The number of primary amides is 1. The monoisotopic (exact) mass is 231 g/mol. The van der Waals surface area contributed by atoms with E-state index in [1.165, 1.54) is 0 Å². The maximum Gasteiger partial charge on any atom is 0.322 e. The molecular formula is C9H17N3O4. The lowest BCUT2D eigenvalue weighted by Gasteiger charge is -2.18. The molecule has 5 N–H and O–H groups in total. The SMILES string of the molecule is CC(C)CC(NC(N)=O)C(=O)NCC(=O)O. The molecular weight excluding hydrogens is 214 g/mol. The molecule has 0 aromatic rings. The number of nitrogens with two attached hydrogens (primary N) is 1. The molecule has 0 aliphatic heterocycles. The van der Waals surface area contributed by atoms with Crippen LogP contribution in [0.25, 0.3) is 0 Å². The number of hydrogen-bond donors (Lipinski definition) is 4. The van der Waals surface area contributed by atoms with E-state index in [0.29, 0.717) is 6.42 Å². The molecule has 0 aliphatic rings. The Kier molecular flexibility index (Phi) is 5.91. The van der Waals surface area contributed by atoms with Crippen LogP contribution in [0.1, 0.15) is 20.3 Å². The van der Waals surface area contributed by atoms with E-state index < -0.39 is 30.5 Å². The molecule has 0 rings (SSSR count). The number of hydrogen-bond acceptors (Lipinski definition) is 3. The van der Waals surface area contributed by atoms with Crippen LogP contribution in [0.5, 0.6) is 0 Å². The molecule has 1 atom stereocenters. The summed E-state index contributed by atoms with van der Waals surface area (Å²) in [4.78, 5) is 32.4. The molecule has 0 aromatic heterocycles. The maximum atomic E-state index is 11.5. The topological polar surface area (TPSA) is 122 Å². The van der Waals surface area contributed by atoms with Crippen molar-refractivity contribution in [3.05, 3.63) is 0 Å². The van der Waals surface area contributed by atoms with Crippen LogP contribution in [0, 0.1) is 5.92 Å². The fraction of sp³-hybridized carbons (Fsp3) is 0.667. The van der Waals surface area contributed by atoms with Crippen LogP contribution in [-0.4, -0.2) is 35.6 Å². The second kappa shape index (κ2) is 6.65. The van der Waals surface area contributed by atoms with E-state index in [2.05, 4.69) is 10.6 Å². The molecule has 3 amide bonds. The fourth-order valence-corrected chi connectivity index (χ4v) is 1.16. The van der Waals surface area contributed by atoms with Gasteiger partial charge in [-0.05, 0) is 12.3 Å². The molecule has 0 radical (unpaired) electrons. The number of rotatable bonds is 6. The molecule has 0 heterocycles. The third-order valence-corrected chi connectivity index (χ3v) is 1.75. The van der Waals surface area contributed by atoms with Crippen LogP contribution in [0.15, 0.2) is 0 Å². The lowest BCUT2D eigenvalue weighted by atomic mass is 10.0. The van der Waals surface area contributed by atoms with Gasteiger partial charge >= 0.3 is 12.0 Å². The molecule has 16 heavy (non-hydrogen) atoms. The molecule has 0 saturated heterocycles. The normalized spacial score (nSPS) is 11.9. The average Bonchev–Trinajstić information content (AvgIpc) is 2.11. The van der Waals surface area contributed by atoms with E-state index in [1.54, 1.807) is 0 Å². The van der Waals surface area contributed by atoms with Crippen molar-refractivity contribution in [3.8, 4) is 0 Å². The number of carbonyl (C=O) groups excluding carboxylic acids is 2. The van der Waals surface area contributed by atoms with E-state index in [9.17, 15) is 14.4 Å². The summed E-state index contributed by atoms with van der Waals surface area (Å²) in [6.45, 7) is 3.27. The molecule has 0 aliphatic carbocycles. The minimum Gasteiger partial charge on any atom is -0.480 e. The fourth-order valence-electron chi connectivity index (χ4n) is 1.16. The van der Waals surface area contributed by atoms with E-state index >= 15 is 0 Å². The molecule has 0 aromatic carbocycles. The lowest BCUT2D eigenvalue weighted by molar-refractivity contribution is -0.138. The highest BCUT2D eigenvalue weighted by Crippen LogP contribution is 2.04. The van der Waals surface area contributed by atoms with Crippen LogP contribution >= 0.6 is 0 Å². The van der Waals surface area contributed by atoms with E-state index in [0.717, 1.165) is 0 Å². The first kappa shape index (κ1) is 14.2. The number of amides is 3. The zero-order valence-corrected chi connectivity index (χ0v) is 9.32. The van der Waals surface area contributed by atoms with Crippen molar-refractivity contribution in [2.75, 3.05) is 6.54 Å². The summed E-state index contributed by atoms with van der Waals surface area (Å²) in [7, 11) is 0. The maximum absolute atomic E-state index is 11.5. The van der Waals surface area contributed by atoms with Crippen molar-refractivity contribution < 1.29 is 19.5 Å². The van der Waals surface area contributed by atoms with Crippen molar-refractivity contribution in [3.63, 3.8) is 0 Å². The zero-order valence-electron chi connectivity index (χ0n) is 9.32. The molecule has 1 unspecified atom stereocenters. The van der Waals surface area contributed by atoms with Gasteiger partial charge in [0.1, 0.15) is 12.6 Å². The summed E-state index contributed by atoms with van der Waals surface area (Å²) in [6, 6.07) is -1.60.